The number of benzene rings is 1. The van der Waals surface area contributed by atoms with E-state index in [1.54, 1.807) is 4.90 Å². The number of piperazine rings is 1. The van der Waals surface area contributed by atoms with Gasteiger partial charge in [-0.05, 0) is 89.0 Å². The molecule has 1 amide bonds. The van der Waals surface area contributed by atoms with Crippen LogP contribution in [-0.4, -0.2) is 89.5 Å². The van der Waals surface area contributed by atoms with Crippen molar-refractivity contribution in [3.63, 3.8) is 0 Å². The minimum Gasteiger partial charge on any atom is -0.487 e. The van der Waals surface area contributed by atoms with E-state index in [-0.39, 0.29) is 18.2 Å². The Balaban J connectivity index is 1.48. The Hall–Kier alpha value is -2.04. The molecule has 1 aromatic heterocycles. The van der Waals surface area contributed by atoms with Crippen LogP contribution in [0.2, 0.25) is 5.02 Å². The van der Waals surface area contributed by atoms with E-state index in [1.165, 1.54) is 6.42 Å². The van der Waals surface area contributed by atoms with Crippen LogP contribution < -0.4 is 14.4 Å². The Kier molecular flexibility index (Phi) is 7.86. The van der Waals surface area contributed by atoms with Crippen molar-refractivity contribution in [2.75, 3.05) is 44.7 Å². The molecule has 9 nitrogen and oxygen atoms in total. The molecule has 3 aliphatic rings. The molecule has 38 heavy (non-hydrogen) atoms. The van der Waals surface area contributed by atoms with Gasteiger partial charge >= 0.3 is 12.1 Å². The summed E-state index contributed by atoms with van der Waals surface area (Å²) in [6, 6.07) is 2.47. The number of likely N-dealkylation sites (tertiary alicyclic amines) is 1. The zero-order chi connectivity index (χ0) is 27.2. The van der Waals surface area contributed by atoms with Gasteiger partial charge in [-0.1, -0.05) is 11.6 Å². The van der Waals surface area contributed by atoms with E-state index in [1.807, 2.05) is 33.8 Å². The molecule has 0 N–H and O–H groups in total. The number of rotatable bonds is 6. The topological polar surface area (TPSA) is 80.3 Å². The summed E-state index contributed by atoms with van der Waals surface area (Å²) in [6.45, 7) is 11.0. The molecule has 11 heteroatoms. The second-order valence-electron chi connectivity index (χ2n) is 11.6. The van der Waals surface area contributed by atoms with Crippen LogP contribution >= 0.6 is 27.5 Å². The third-order valence-electron chi connectivity index (χ3n) is 7.24. The summed E-state index contributed by atoms with van der Waals surface area (Å²) in [7, 11) is 2.12. The Morgan fingerprint density at radius 3 is 2.58 bits per heavy atom. The molecule has 2 aromatic rings. The highest BCUT2D eigenvalue weighted by atomic mass is 79.9. The summed E-state index contributed by atoms with van der Waals surface area (Å²) in [5.41, 5.74) is 0.133. The number of hydrogen-bond acceptors (Lipinski definition) is 8. The van der Waals surface area contributed by atoms with E-state index in [0.717, 1.165) is 37.0 Å². The summed E-state index contributed by atoms with van der Waals surface area (Å²) in [5, 5.41) is 1.34. The molecule has 5 rings (SSSR count). The molecule has 0 radical (unpaired) electrons. The van der Waals surface area contributed by atoms with Crippen LogP contribution in [0.1, 0.15) is 53.4 Å². The van der Waals surface area contributed by atoms with Gasteiger partial charge in [0.25, 0.3) is 0 Å². The van der Waals surface area contributed by atoms with Crippen LogP contribution in [0.5, 0.6) is 11.8 Å². The zero-order valence-electron chi connectivity index (χ0n) is 22.8. The molecule has 3 heterocycles. The van der Waals surface area contributed by atoms with Gasteiger partial charge in [-0.3, -0.25) is 0 Å². The lowest BCUT2D eigenvalue weighted by molar-refractivity contribution is 0.0158. The number of carbonyl (C=O) groups excluding carboxylic acids is 1. The predicted octanol–water partition coefficient (Wildman–Crippen LogP) is 5.51. The number of aromatic nitrogens is 2. The number of likely N-dealkylation sites (N-methyl/N-ethyl adjacent to an activating group) is 1. The maximum absolute atomic E-state index is 12.8. The van der Waals surface area contributed by atoms with Gasteiger partial charge in [0.05, 0.1) is 15.6 Å². The number of fused-ring (bicyclic) bond motifs is 1. The molecule has 0 spiro atoms. The van der Waals surface area contributed by atoms with Crippen molar-refractivity contribution in [1.82, 2.24) is 19.8 Å². The van der Waals surface area contributed by atoms with Crippen LogP contribution in [0.25, 0.3) is 10.9 Å². The largest absolute Gasteiger partial charge is 0.487 e. The molecule has 1 aliphatic carbocycles. The second kappa shape index (κ2) is 10.8. The van der Waals surface area contributed by atoms with Gasteiger partial charge in [0.15, 0.2) is 5.75 Å². The lowest BCUT2D eigenvalue weighted by Gasteiger charge is -2.41. The smallest absolute Gasteiger partial charge is 0.410 e. The normalized spacial score (nSPS) is 22.7. The van der Waals surface area contributed by atoms with Crippen LogP contribution in [0.15, 0.2) is 10.5 Å². The quantitative estimate of drug-likeness (QED) is 0.424. The third kappa shape index (κ3) is 6.07. The minimum absolute atomic E-state index is 0.0757. The fourth-order valence-electron chi connectivity index (χ4n) is 5.01. The number of anilines is 1. The van der Waals surface area contributed by atoms with Gasteiger partial charge in [0.2, 0.25) is 0 Å². The Morgan fingerprint density at radius 1 is 1.18 bits per heavy atom. The van der Waals surface area contributed by atoms with E-state index in [2.05, 4.69) is 32.8 Å². The van der Waals surface area contributed by atoms with Crippen molar-refractivity contribution in [2.45, 2.75) is 77.2 Å². The van der Waals surface area contributed by atoms with E-state index >= 15 is 0 Å². The van der Waals surface area contributed by atoms with Gasteiger partial charge in [-0.2, -0.15) is 9.97 Å². The van der Waals surface area contributed by atoms with Crippen molar-refractivity contribution in [1.29, 1.82) is 0 Å². The van der Waals surface area contributed by atoms with Crippen LogP contribution in [0.4, 0.5) is 10.6 Å². The molecule has 2 aliphatic heterocycles. The molecule has 2 saturated heterocycles. The van der Waals surface area contributed by atoms with Crippen molar-refractivity contribution in [3.05, 3.63) is 15.6 Å². The van der Waals surface area contributed by atoms with Crippen molar-refractivity contribution < 1.29 is 19.0 Å². The minimum atomic E-state index is -0.543. The molecule has 208 valence electrons. The van der Waals surface area contributed by atoms with Crippen molar-refractivity contribution in [2.24, 2.45) is 0 Å². The van der Waals surface area contributed by atoms with E-state index < -0.39 is 5.60 Å². The Bertz CT molecular complexity index is 1200. The van der Waals surface area contributed by atoms with Crippen LogP contribution in [-0.2, 0) is 4.74 Å². The van der Waals surface area contributed by atoms with Gasteiger partial charge in [0, 0.05) is 37.1 Å². The monoisotopic (exact) mass is 609 g/mol. The van der Waals surface area contributed by atoms with Crippen molar-refractivity contribution >= 4 is 50.3 Å². The van der Waals surface area contributed by atoms with E-state index in [9.17, 15) is 4.79 Å². The molecule has 1 aromatic carbocycles. The van der Waals surface area contributed by atoms with Gasteiger partial charge in [-0.25, -0.2) is 4.79 Å². The number of halogens is 2. The number of carbonyl (C=O) groups is 1. The first-order valence-corrected chi connectivity index (χ1v) is 14.6. The molecule has 1 saturated carbocycles. The van der Waals surface area contributed by atoms with Gasteiger partial charge in [-0.15, -0.1) is 0 Å². The highest BCUT2D eigenvalue weighted by Gasteiger charge is 2.34. The Morgan fingerprint density at radius 2 is 1.95 bits per heavy atom. The molecule has 0 unspecified atom stereocenters. The highest BCUT2D eigenvalue weighted by Crippen LogP contribution is 2.44. The first kappa shape index (κ1) is 27.5. The maximum Gasteiger partial charge on any atom is 0.410 e. The molecular weight excluding hydrogens is 574 g/mol. The standard InChI is InChI=1S/C27H37BrClN5O4/c1-16-14-33(11-12-34(16)26(35)38-27(2,3)4)24-19-13-20(29)21(28)23(37-18-8-9-18)22(19)30-25(31-24)36-15-17-7-6-10-32(17)5/h13,16-18H,6-12,14-15H2,1-5H3/t16-,17-/m0/s1. The van der Waals surface area contributed by atoms with E-state index in [4.69, 9.17) is 35.8 Å². The van der Waals surface area contributed by atoms with Crippen LogP contribution in [0.3, 0.4) is 0 Å². The second-order valence-corrected chi connectivity index (χ2v) is 12.8. The number of nitrogens with zero attached hydrogens (tertiary/aromatic N) is 5. The SMILES string of the molecule is C[C@H]1CN(c2nc(OC[C@@H]3CCCN3C)nc3c(OC4CC4)c(Br)c(Cl)cc23)CCN1C(=O)OC(C)(C)C. The highest BCUT2D eigenvalue weighted by molar-refractivity contribution is 9.10. The average molecular weight is 611 g/mol. The summed E-state index contributed by atoms with van der Waals surface area (Å²) in [4.78, 5) is 28.8. The summed E-state index contributed by atoms with van der Waals surface area (Å²) < 4.78 is 18.8. The lowest BCUT2D eigenvalue weighted by atomic mass is 10.1. The predicted molar refractivity (Wildman–Crippen MR) is 152 cm³/mol. The molecular formula is C27H37BrClN5O4. The van der Waals surface area contributed by atoms with Gasteiger partial charge < -0.3 is 28.9 Å². The summed E-state index contributed by atoms with van der Waals surface area (Å²) in [6.07, 6.45) is 4.16. The average Bonchev–Trinajstić information content (AvgIpc) is 3.57. The first-order chi connectivity index (χ1) is 18.0. The lowest BCUT2D eigenvalue weighted by Crippen LogP contribution is -2.55. The molecule has 2 atom stereocenters. The molecule has 0 bridgehead atoms. The summed E-state index contributed by atoms with van der Waals surface area (Å²) in [5.74, 6) is 1.36. The number of hydrogen-bond donors (Lipinski definition) is 0. The summed E-state index contributed by atoms with van der Waals surface area (Å²) >= 11 is 10.3. The van der Waals surface area contributed by atoms with Gasteiger partial charge in [0.1, 0.15) is 23.5 Å². The zero-order valence-corrected chi connectivity index (χ0v) is 25.1. The number of ether oxygens (including phenoxy) is 3. The van der Waals surface area contributed by atoms with Crippen molar-refractivity contribution in [3.8, 4) is 11.8 Å². The fourth-order valence-corrected chi connectivity index (χ4v) is 5.60. The fraction of sp³-hybridized carbons (Fsp3) is 0.667. The first-order valence-electron chi connectivity index (χ1n) is 13.4. The van der Waals surface area contributed by atoms with E-state index in [0.29, 0.717) is 59.1 Å². The molecule has 3 fully saturated rings. The number of amides is 1. The maximum atomic E-state index is 12.8. The third-order valence-corrected chi connectivity index (χ3v) is 8.55. The van der Waals surface area contributed by atoms with Crippen LogP contribution in [0, 0.1) is 0 Å². The Labute approximate surface area is 237 Å².